The third-order valence-electron chi connectivity index (χ3n) is 4.49. The van der Waals surface area contributed by atoms with Crippen LogP contribution in [0.1, 0.15) is 25.0 Å². The number of fused-ring (bicyclic) bond motifs is 1. The van der Waals surface area contributed by atoms with Gasteiger partial charge in [-0.25, -0.2) is 0 Å². The zero-order chi connectivity index (χ0) is 19.9. The molecule has 0 atom stereocenters. The van der Waals surface area contributed by atoms with Gasteiger partial charge in [0.2, 0.25) is 0 Å². The molecule has 0 bridgehead atoms. The molecule has 0 saturated carbocycles. The molecule has 0 radical (unpaired) electrons. The molecule has 0 N–H and O–H groups in total. The summed E-state index contributed by atoms with van der Waals surface area (Å²) in [7, 11) is 0. The van der Waals surface area contributed by atoms with Gasteiger partial charge in [-0.2, -0.15) is 16.8 Å². The van der Waals surface area contributed by atoms with Crippen LogP contribution in [0, 0.1) is 0 Å². The molecular formula is C22H26N2O2S2. The average molecular weight is 415 g/mol. The zero-order valence-corrected chi connectivity index (χ0v) is 18.2. The Bertz CT molecular complexity index is 1000. The van der Waals surface area contributed by atoms with Crippen molar-refractivity contribution < 1.29 is 9.53 Å². The van der Waals surface area contributed by atoms with Gasteiger partial charge in [-0.1, -0.05) is 42.5 Å². The fourth-order valence-electron chi connectivity index (χ4n) is 3.01. The first-order valence-corrected chi connectivity index (χ1v) is 11.8. The number of hydrogen-bond donors (Lipinski definition) is 0. The quantitative estimate of drug-likeness (QED) is 0.537. The van der Waals surface area contributed by atoms with E-state index in [1.807, 2.05) is 31.2 Å². The Kier molecular flexibility index (Phi) is 7.34. The van der Waals surface area contributed by atoms with Crippen molar-refractivity contribution in [3.05, 3.63) is 58.4 Å². The van der Waals surface area contributed by atoms with Gasteiger partial charge in [-0.3, -0.25) is 4.79 Å². The van der Waals surface area contributed by atoms with Crippen LogP contribution in [0.2, 0.25) is 0 Å². The number of benzene rings is 2. The second kappa shape index (κ2) is 9.94. The van der Waals surface area contributed by atoms with Crippen LogP contribution in [0.5, 0.6) is 5.75 Å². The van der Waals surface area contributed by atoms with Crippen LogP contribution in [0.3, 0.4) is 0 Å². The maximum Gasteiger partial charge on any atom is 0.252 e. The maximum atomic E-state index is 12.6. The van der Waals surface area contributed by atoms with E-state index in [-0.39, 0.29) is 5.91 Å². The molecule has 28 heavy (non-hydrogen) atoms. The predicted molar refractivity (Wildman–Crippen MR) is 119 cm³/mol. The highest BCUT2D eigenvalue weighted by Gasteiger charge is 2.10. The molecule has 6 heteroatoms. The van der Waals surface area contributed by atoms with Gasteiger partial charge in [0.1, 0.15) is 5.75 Å². The number of rotatable bonds is 8. The Morgan fingerprint density at radius 3 is 2.57 bits per heavy atom. The van der Waals surface area contributed by atoms with E-state index in [4.69, 9.17) is 4.74 Å². The van der Waals surface area contributed by atoms with Crippen LogP contribution in [-0.2, 0) is 24.2 Å². The SMILES string of the molecule is CCOc1ccc2c(c1)sc(=NC(=O)Cc1ccc(CC)cc1)n2CCSC. The molecule has 0 fully saturated rings. The lowest BCUT2D eigenvalue weighted by atomic mass is 10.1. The van der Waals surface area contributed by atoms with E-state index >= 15 is 0 Å². The Morgan fingerprint density at radius 2 is 1.89 bits per heavy atom. The number of thioether (sulfide) groups is 1. The summed E-state index contributed by atoms with van der Waals surface area (Å²) in [6, 6.07) is 14.3. The third-order valence-corrected chi connectivity index (χ3v) is 6.12. The van der Waals surface area contributed by atoms with Crippen molar-refractivity contribution in [3.8, 4) is 5.75 Å². The summed E-state index contributed by atoms with van der Waals surface area (Å²) in [4.78, 5) is 17.8. The van der Waals surface area contributed by atoms with Crippen molar-refractivity contribution in [1.82, 2.24) is 4.57 Å². The van der Waals surface area contributed by atoms with Crippen LogP contribution < -0.4 is 9.54 Å². The first-order valence-electron chi connectivity index (χ1n) is 9.55. The summed E-state index contributed by atoms with van der Waals surface area (Å²) in [6.07, 6.45) is 3.41. The fraction of sp³-hybridized carbons (Fsp3) is 0.364. The average Bonchev–Trinajstić information content (AvgIpc) is 3.03. The number of thiazole rings is 1. The number of amides is 1. The van der Waals surface area contributed by atoms with Crippen LogP contribution in [0.15, 0.2) is 47.5 Å². The summed E-state index contributed by atoms with van der Waals surface area (Å²) in [6.45, 7) is 5.56. The normalized spacial score (nSPS) is 11.9. The van der Waals surface area contributed by atoms with Crippen LogP contribution in [-0.4, -0.2) is 29.1 Å². The van der Waals surface area contributed by atoms with Gasteiger partial charge in [0.25, 0.3) is 5.91 Å². The summed E-state index contributed by atoms with van der Waals surface area (Å²) in [5, 5.41) is 0. The molecule has 1 amide bonds. The maximum absolute atomic E-state index is 12.6. The first-order chi connectivity index (χ1) is 13.6. The van der Waals surface area contributed by atoms with Crippen molar-refractivity contribution >= 4 is 39.2 Å². The van der Waals surface area contributed by atoms with Gasteiger partial charge in [0, 0.05) is 12.3 Å². The molecular weight excluding hydrogens is 388 g/mol. The number of carbonyl (C=O) groups is 1. The molecule has 1 aromatic heterocycles. The second-order valence-corrected chi connectivity index (χ2v) is 8.44. The minimum absolute atomic E-state index is 0.112. The molecule has 3 rings (SSSR count). The lowest BCUT2D eigenvalue weighted by Gasteiger charge is -2.05. The van der Waals surface area contributed by atoms with Crippen molar-refractivity contribution in [2.45, 2.75) is 33.2 Å². The van der Waals surface area contributed by atoms with E-state index in [1.54, 1.807) is 23.1 Å². The third kappa shape index (κ3) is 5.06. The minimum Gasteiger partial charge on any atom is -0.494 e. The van der Waals surface area contributed by atoms with E-state index < -0.39 is 0 Å². The number of ether oxygens (including phenoxy) is 1. The molecule has 0 unspecified atom stereocenters. The van der Waals surface area contributed by atoms with Crippen LogP contribution >= 0.6 is 23.1 Å². The number of aryl methyl sites for hydroxylation is 2. The molecule has 1 heterocycles. The van der Waals surface area contributed by atoms with Gasteiger partial charge in [0.05, 0.1) is 23.2 Å². The summed E-state index contributed by atoms with van der Waals surface area (Å²) >= 11 is 3.33. The Balaban J connectivity index is 1.92. The topological polar surface area (TPSA) is 43.6 Å². The second-order valence-electron chi connectivity index (χ2n) is 6.44. The number of aromatic nitrogens is 1. The highest BCUT2D eigenvalue weighted by Crippen LogP contribution is 2.23. The Hall–Kier alpha value is -2.05. The largest absolute Gasteiger partial charge is 0.494 e. The summed E-state index contributed by atoms with van der Waals surface area (Å²) in [5.74, 6) is 1.71. The Labute approximate surface area is 174 Å². The van der Waals surface area contributed by atoms with Crippen molar-refractivity contribution in [3.63, 3.8) is 0 Å². The van der Waals surface area contributed by atoms with Gasteiger partial charge in [-0.15, -0.1) is 0 Å². The highest BCUT2D eigenvalue weighted by atomic mass is 32.2. The van der Waals surface area contributed by atoms with Gasteiger partial charge >= 0.3 is 0 Å². The number of nitrogens with zero attached hydrogens (tertiary/aromatic N) is 2. The fourth-order valence-corrected chi connectivity index (χ4v) is 4.47. The molecule has 3 aromatic rings. The zero-order valence-electron chi connectivity index (χ0n) is 16.6. The van der Waals surface area contributed by atoms with E-state index in [9.17, 15) is 4.79 Å². The molecule has 4 nitrogen and oxygen atoms in total. The van der Waals surface area contributed by atoms with Gasteiger partial charge in [-0.05, 0) is 48.9 Å². The first kappa shape index (κ1) is 20.7. The van der Waals surface area contributed by atoms with E-state index in [0.717, 1.165) is 45.0 Å². The smallest absolute Gasteiger partial charge is 0.252 e. The molecule has 148 valence electrons. The highest BCUT2D eigenvalue weighted by molar-refractivity contribution is 7.98. The van der Waals surface area contributed by atoms with Crippen molar-refractivity contribution in [2.75, 3.05) is 18.6 Å². The van der Waals surface area contributed by atoms with Crippen molar-refractivity contribution in [1.29, 1.82) is 0 Å². The minimum atomic E-state index is -0.112. The van der Waals surface area contributed by atoms with Crippen molar-refractivity contribution in [2.24, 2.45) is 4.99 Å². The van der Waals surface area contributed by atoms with E-state index in [0.29, 0.717) is 13.0 Å². The summed E-state index contributed by atoms with van der Waals surface area (Å²) in [5.41, 5.74) is 3.38. The van der Waals surface area contributed by atoms with E-state index in [2.05, 4.69) is 40.9 Å². The lowest BCUT2D eigenvalue weighted by Crippen LogP contribution is -2.18. The van der Waals surface area contributed by atoms with Crippen LogP contribution in [0.4, 0.5) is 0 Å². The molecule has 0 spiro atoms. The molecule has 0 aliphatic carbocycles. The Morgan fingerprint density at radius 1 is 1.14 bits per heavy atom. The lowest BCUT2D eigenvalue weighted by molar-refractivity contribution is -0.117. The van der Waals surface area contributed by atoms with Gasteiger partial charge in [0.15, 0.2) is 4.80 Å². The van der Waals surface area contributed by atoms with E-state index in [1.165, 1.54) is 5.56 Å². The number of hydrogen-bond acceptors (Lipinski definition) is 4. The van der Waals surface area contributed by atoms with Gasteiger partial charge < -0.3 is 9.30 Å². The van der Waals surface area contributed by atoms with Crippen LogP contribution in [0.25, 0.3) is 10.2 Å². The molecule has 0 aliphatic rings. The number of carbonyl (C=O) groups excluding carboxylic acids is 1. The molecule has 2 aromatic carbocycles. The predicted octanol–water partition coefficient (Wildman–Crippen LogP) is 4.70. The summed E-state index contributed by atoms with van der Waals surface area (Å²) < 4.78 is 8.85. The standard InChI is InChI=1S/C22H26N2O2S2/c1-4-16-6-8-17(9-7-16)14-21(25)23-22-24(12-13-27-3)19-11-10-18(26-5-2)15-20(19)28-22/h6-11,15H,4-5,12-14H2,1-3H3. The molecule has 0 aliphatic heterocycles. The monoisotopic (exact) mass is 414 g/mol. The molecule has 0 saturated heterocycles.